The number of anilines is 1. The lowest BCUT2D eigenvalue weighted by molar-refractivity contribution is 0.0950. The van der Waals surface area contributed by atoms with Crippen molar-refractivity contribution < 1.29 is 18.7 Å². The van der Waals surface area contributed by atoms with Gasteiger partial charge in [-0.25, -0.2) is 14.4 Å². The average Bonchev–Trinajstić information content (AvgIpc) is 2.67. The summed E-state index contributed by atoms with van der Waals surface area (Å²) < 4.78 is 23.8. The highest BCUT2D eigenvalue weighted by atomic mass is 19.1. The molecule has 1 aromatic carbocycles. The molecule has 1 N–H and O–H groups in total. The van der Waals surface area contributed by atoms with Gasteiger partial charge in [0.15, 0.2) is 11.6 Å². The van der Waals surface area contributed by atoms with E-state index >= 15 is 0 Å². The lowest BCUT2D eigenvalue weighted by Crippen LogP contribution is -2.37. The highest BCUT2D eigenvalue weighted by Gasteiger charge is 2.14. The zero-order chi connectivity index (χ0) is 17.6. The minimum Gasteiger partial charge on any atom is -0.494 e. The fourth-order valence-electron chi connectivity index (χ4n) is 2.48. The number of methoxy groups -OCH3 is 1. The third-order valence-electron chi connectivity index (χ3n) is 3.84. The van der Waals surface area contributed by atoms with Crippen molar-refractivity contribution in [2.75, 3.05) is 38.3 Å². The first-order valence-electron chi connectivity index (χ1n) is 7.94. The molecule has 0 unspecified atom stereocenters. The van der Waals surface area contributed by atoms with Crippen LogP contribution < -0.4 is 15.0 Å². The van der Waals surface area contributed by atoms with Gasteiger partial charge in [0.05, 0.1) is 32.6 Å². The number of carbonyl (C=O) groups excluding carboxylic acids is 1. The molecule has 8 heteroatoms. The van der Waals surface area contributed by atoms with E-state index in [4.69, 9.17) is 9.47 Å². The van der Waals surface area contributed by atoms with E-state index in [1.165, 1.54) is 19.2 Å². The predicted molar refractivity (Wildman–Crippen MR) is 89.2 cm³/mol. The van der Waals surface area contributed by atoms with Crippen LogP contribution >= 0.6 is 0 Å². The van der Waals surface area contributed by atoms with Gasteiger partial charge >= 0.3 is 0 Å². The summed E-state index contributed by atoms with van der Waals surface area (Å²) in [6.07, 6.45) is 1.66. The van der Waals surface area contributed by atoms with Crippen molar-refractivity contribution in [1.82, 2.24) is 15.3 Å². The minimum absolute atomic E-state index is 0.0995. The van der Waals surface area contributed by atoms with Crippen molar-refractivity contribution in [2.24, 2.45) is 0 Å². The van der Waals surface area contributed by atoms with Gasteiger partial charge in [-0.1, -0.05) is 0 Å². The maximum atomic E-state index is 13.7. The van der Waals surface area contributed by atoms with Gasteiger partial charge in [0.2, 0.25) is 5.95 Å². The smallest absolute Gasteiger partial charge is 0.251 e. The number of carbonyl (C=O) groups is 1. The minimum atomic E-state index is -0.577. The molecule has 3 rings (SSSR count). The molecule has 1 aliphatic rings. The van der Waals surface area contributed by atoms with Crippen molar-refractivity contribution in [2.45, 2.75) is 6.54 Å². The Balaban J connectivity index is 1.63. The van der Waals surface area contributed by atoms with E-state index in [0.29, 0.717) is 24.9 Å². The summed E-state index contributed by atoms with van der Waals surface area (Å²) in [5, 5.41) is 2.73. The topological polar surface area (TPSA) is 76.6 Å². The van der Waals surface area contributed by atoms with E-state index in [9.17, 15) is 9.18 Å². The van der Waals surface area contributed by atoms with Crippen LogP contribution in [0.15, 0.2) is 30.5 Å². The molecule has 0 aliphatic carbocycles. The molecule has 1 aliphatic heterocycles. The van der Waals surface area contributed by atoms with Crippen LogP contribution in [0.3, 0.4) is 0 Å². The van der Waals surface area contributed by atoms with Crippen molar-refractivity contribution in [3.63, 3.8) is 0 Å². The van der Waals surface area contributed by atoms with Crippen LogP contribution in [0.1, 0.15) is 16.1 Å². The lowest BCUT2D eigenvalue weighted by atomic mass is 10.2. The molecule has 2 aromatic rings. The number of benzene rings is 1. The van der Waals surface area contributed by atoms with Crippen LogP contribution in [0.25, 0.3) is 0 Å². The van der Waals surface area contributed by atoms with E-state index in [0.717, 1.165) is 19.2 Å². The Kier molecular flexibility index (Phi) is 5.39. The largest absolute Gasteiger partial charge is 0.494 e. The van der Waals surface area contributed by atoms with Gasteiger partial charge < -0.3 is 19.7 Å². The van der Waals surface area contributed by atoms with Gasteiger partial charge in [0.25, 0.3) is 5.91 Å². The number of nitrogens with zero attached hydrogens (tertiary/aromatic N) is 3. The van der Waals surface area contributed by atoms with Crippen LogP contribution in [0.2, 0.25) is 0 Å². The number of rotatable bonds is 5. The Morgan fingerprint density at radius 3 is 2.88 bits per heavy atom. The fraction of sp³-hybridized carbons (Fsp3) is 0.353. The summed E-state index contributed by atoms with van der Waals surface area (Å²) in [5.74, 6) is -0.243. The van der Waals surface area contributed by atoms with E-state index in [1.807, 2.05) is 4.90 Å². The molecule has 1 fully saturated rings. The molecule has 1 amide bonds. The summed E-state index contributed by atoms with van der Waals surface area (Å²) in [7, 11) is 1.37. The molecule has 132 valence electrons. The molecule has 0 radical (unpaired) electrons. The Labute approximate surface area is 144 Å². The second kappa shape index (κ2) is 7.89. The first-order valence-corrected chi connectivity index (χ1v) is 7.94. The Bertz CT molecular complexity index is 750. The number of hydrogen-bond acceptors (Lipinski definition) is 6. The second-order valence-corrected chi connectivity index (χ2v) is 5.48. The summed E-state index contributed by atoms with van der Waals surface area (Å²) in [6.45, 7) is 2.99. The number of ether oxygens (including phenoxy) is 2. The van der Waals surface area contributed by atoms with Crippen LogP contribution in [0, 0.1) is 5.82 Å². The third-order valence-corrected chi connectivity index (χ3v) is 3.84. The number of aromatic nitrogens is 2. The summed E-state index contributed by atoms with van der Waals surface area (Å²) in [5.41, 5.74) is 0.902. The monoisotopic (exact) mass is 346 g/mol. The zero-order valence-corrected chi connectivity index (χ0v) is 13.9. The SMILES string of the molecule is COc1ccc(C(=O)NCc2ccnc(N3CCOCC3)n2)cc1F. The van der Waals surface area contributed by atoms with Gasteiger partial charge in [-0.3, -0.25) is 4.79 Å². The molecule has 0 spiro atoms. The molecular formula is C17H19FN4O3. The first kappa shape index (κ1) is 17.1. The number of amides is 1. The zero-order valence-electron chi connectivity index (χ0n) is 13.9. The molecule has 1 aromatic heterocycles. The van der Waals surface area contributed by atoms with Gasteiger partial charge in [-0.05, 0) is 24.3 Å². The quantitative estimate of drug-likeness (QED) is 0.882. The Morgan fingerprint density at radius 1 is 1.36 bits per heavy atom. The van der Waals surface area contributed by atoms with E-state index in [1.54, 1.807) is 12.3 Å². The second-order valence-electron chi connectivity index (χ2n) is 5.48. The normalized spacial score (nSPS) is 14.2. The van der Waals surface area contributed by atoms with Crippen molar-refractivity contribution in [1.29, 1.82) is 0 Å². The number of morpholine rings is 1. The van der Waals surface area contributed by atoms with Crippen molar-refractivity contribution in [3.05, 3.63) is 47.5 Å². The lowest BCUT2D eigenvalue weighted by Gasteiger charge is -2.26. The van der Waals surface area contributed by atoms with E-state index < -0.39 is 5.82 Å². The van der Waals surface area contributed by atoms with Gasteiger partial charge in [-0.2, -0.15) is 0 Å². The third kappa shape index (κ3) is 4.21. The Hall–Kier alpha value is -2.74. The van der Waals surface area contributed by atoms with E-state index in [2.05, 4.69) is 15.3 Å². The molecule has 0 saturated carbocycles. The van der Waals surface area contributed by atoms with E-state index in [-0.39, 0.29) is 23.8 Å². The van der Waals surface area contributed by atoms with Gasteiger partial charge in [0.1, 0.15) is 0 Å². The number of hydrogen-bond donors (Lipinski definition) is 1. The van der Waals surface area contributed by atoms with Crippen molar-refractivity contribution >= 4 is 11.9 Å². The van der Waals surface area contributed by atoms with Crippen LogP contribution in [-0.4, -0.2) is 49.3 Å². The van der Waals surface area contributed by atoms with Crippen LogP contribution in [-0.2, 0) is 11.3 Å². The summed E-state index contributed by atoms with van der Waals surface area (Å²) >= 11 is 0. The fourth-order valence-corrected chi connectivity index (χ4v) is 2.48. The molecular weight excluding hydrogens is 327 g/mol. The number of halogens is 1. The molecule has 25 heavy (non-hydrogen) atoms. The molecule has 2 heterocycles. The molecule has 7 nitrogen and oxygen atoms in total. The molecule has 0 bridgehead atoms. The summed E-state index contributed by atoms with van der Waals surface area (Å²) in [6, 6.07) is 5.81. The maximum absolute atomic E-state index is 13.7. The van der Waals surface area contributed by atoms with Crippen LogP contribution in [0.5, 0.6) is 5.75 Å². The first-order chi connectivity index (χ1) is 12.2. The highest BCUT2D eigenvalue weighted by Crippen LogP contribution is 2.17. The van der Waals surface area contributed by atoms with Gasteiger partial charge in [-0.15, -0.1) is 0 Å². The molecule has 0 atom stereocenters. The predicted octanol–water partition coefficient (Wildman–Crippen LogP) is 1.39. The standard InChI is InChI=1S/C17H19FN4O3/c1-24-15-3-2-12(10-14(15)18)16(23)20-11-13-4-5-19-17(21-13)22-6-8-25-9-7-22/h2-5,10H,6-9,11H2,1H3,(H,20,23). The van der Waals surface area contributed by atoms with Crippen molar-refractivity contribution in [3.8, 4) is 5.75 Å². The van der Waals surface area contributed by atoms with Crippen LogP contribution in [0.4, 0.5) is 10.3 Å². The highest BCUT2D eigenvalue weighted by molar-refractivity contribution is 5.94. The van der Waals surface area contributed by atoms with Gasteiger partial charge in [0, 0.05) is 24.8 Å². The number of nitrogens with one attached hydrogen (secondary N) is 1. The Morgan fingerprint density at radius 2 is 2.16 bits per heavy atom. The average molecular weight is 346 g/mol. The summed E-state index contributed by atoms with van der Waals surface area (Å²) in [4.78, 5) is 22.9. The molecule has 1 saturated heterocycles. The maximum Gasteiger partial charge on any atom is 0.251 e.